The summed E-state index contributed by atoms with van der Waals surface area (Å²) in [7, 11) is -4.19. The van der Waals surface area contributed by atoms with Gasteiger partial charge in [0, 0.05) is 0 Å². The maximum absolute atomic E-state index is 12.6. The van der Waals surface area contributed by atoms with Crippen LogP contribution in [0.25, 0.3) is 0 Å². The molecule has 2 aromatic rings. The van der Waals surface area contributed by atoms with Crippen LogP contribution in [0.5, 0.6) is 5.75 Å². The Morgan fingerprint density at radius 3 is 2.30 bits per heavy atom. The molecule has 1 aliphatic rings. The van der Waals surface area contributed by atoms with Crippen molar-refractivity contribution in [1.29, 1.82) is 0 Å². The predicted molar refractivity (Wildman–Crippen MR) is 98.9 cm³/mol. The van der Waals surface area contributed by atoms with Crippen LogP contribution in [0, 0.1) is 0 Å². The highest BCUT2D eigenvalue weighted by molar-refractivity contribution is 7.86. The van der Waals surface area contributed by atoms with Gasteiger partial charge in [0.05, 0.1) is 17.7 Å². The van der Waals surface area contributed by atoms with E-state index < -0.39 is 28.1 Å². The summed E-state index contributed by atoms with van der Waals surface area (Å²) in [5, 5.41) is -2.06. The summed E-state index contributed by atoms with van der Waals surface area (Å²) < 4.78 is 54.1. The second-order valence-corrected chi connectivity index (χ2v) is 8.20. The standard InChI is InChI=1S/C19H20ClFO5S/c20-19(25-15-9-3-1-4-10-15,18-17(24-18)13-7-8-14-21)26-27(22,23)16-11-5-2-6-12-16/h1-6,9-12,17-18H,7-8,13-14H2/t17-,18-,19?/m0/s1. The van der Waals surface area contributed by atoms with E-state index >= 15 is 0 Å². The molecular formula is C19H20ClFO5S. The van der Waals surface area contributed by atoms with Crippen molar-refractivity contribution in [3.63, 3.8) is 0 Å². The topological polar surface area (TPSA) is 65.1 Å². The lowest BCUT2D eigenvalue weighted by Gasteiger charge is -2.26. The minimum atomic E-state index is -4.19. The molecule has 0 saturated carbocycles. The van der Waals surface area contributed by atoms with Gasteiger partial charge in [0.1, 0.15) is 5.75 Å². The molecule has 1 fully saturated rings. The Morgan fingerprint density at radius 1 is 1.04 bits per heavy atom. The molecule has 2 aromatic carbocycles. The lowest BCUT2D eigenvalue weighted by molar-refractivity contribution is -0.0527. The molecular weight excluding hydrogens is 395 g/mol. The van der Waals surface area contributed by atoms with Crippen molar-refractivity contribution >= 4 is 21.7 Å². The molecule has 146 valence electrons. The van der Waals surface area contributed by atoms with Crippen molar-refractivity contribution in [3.8, 4) is 5.75 Å². The van der Waals surface area contributed by atoms with Crippen molar-refractivity contribution in [2.75, 3.05) is 6.67 Å². The molecule has 1 aliphatic heterocycles. The Labute approximate surface area is 163 Å². The number of unbranched alkanes of at least 4 members (excludes halogenated alkanes) is 1. The van der Waals surface area contributed by atoms with Gasteiger partial charge in [-0.3, -0.25) is 4.39 Å². The molecule has 0 aliphatic carbocycles. The highest BCUT2D eigenvalue weighted by atomic mass is 35.5. The fourth-order valence-corrected chi connectivity index (χ4v) is 4.21. The largest absolute Gasteiger partial charge is 0.446 e. The smallest absolute Gasteiger partial charge is 0.335 e. The first-order valence-electron chi connectivity index (χ1n) is 8.60. The molecule has 3 atom stereocenters. The lowest BCUT2D eigenvalue weighted by Crippen LogP contribution is -2.42. The Balaban J connectivity index is 1.80. The molecule has 1 heterocycles. The molecule has 1 unspecified atom stereocenters. The third-order valence-electron chi connectivity index (χ3n) is 4.05. The Morgan fingerprint density at radius 2 is 1.67 bits per heavy atom. The Hall–Kier alpha value is -1.67. The molecule has 0 aromatic heterocycles. The van der Waals surface area contributed by atoms with Gasteiger partial charge >= 0.3 is 15.4 Å². The fraction of sp³-hybridized carbons (Fsp3) is 0.368. The summed E-state index contributed by atoms with van der Waals surface area (Å²) in [5.74, 6) is 0.341. The molecule has 0 amide bonds. The zero-order valence-electron chi connectivity index (χ0n) is 14.5. The van der Waals surface area contributed by atoms with Crippen molar-refractivity contribution in [2.45, 2.75) is 41.6 Å². The van der Waals surface area contributed by atoms with Gasteiger partial charge in [0.2, 0.25) is 0 Å². The van der Waals surface area contributed by atoms with Crippen LogP contribution in [0.1, 0.15) is 19.3 Å². The molecule has 5 nitrogen and oxygen atoms in total. The third kappa shape index (κ3) is 5.19. The minimum absolute atomic E-state index is 0.0404. The van der Waals surface area contributed by atoms with Crippen LogP contribution in [0.4, 0.5) is 4.39 Å². The van der Waals surface area contributed by atoms with E-state index in [1.165, 1.54) is 12.1 Å². The molecule has 1 saturated heterocycles. The molecule has 27 heavy (non-hydrogen) atoms. The van der Waals surface area contributed by atoms with E-state index in [4.69, 9.17) is 25.3 Å². The summed E-state index contributed by atoms with van der Waals surface area (Å²) in [6, 6.07) is 16.2. The highest BCUT2D eigenvalue weighted by Crippen LogP contribution is 2.43. The lowest BCUT2D eigenvalue weighted by atomic mass is 10.1. The predicted octanol–water partition coefficient (Wildman–Crippen LogP) is 4.27. The van der Waals surface area contributed by atoms with Crippen LogP contribution in [-0.4, -0.2) is 32.5 Å². The van der Waals surface area contributed by atoms with E-state index in [-0.39, 0.29) is 11.0 Å². The van der Waals surface area contributed by atoms with Gasteiger partial charge < -0.3 is 9.47 Å². The average molecular weight is 415 g/mol. The van der Waals surface area contributed by atoms with Crippen LogP contribution in [0.3, 0.4) is 0 Å². The van der Waals surface area contributed by atoms with Crippen molar-refractivity contribution in [3.05, 3.63) is 60.7 Å². The molecule has 0 N–H and O–H groups in total. The zero-order chi connectivity index (χ0) is 19.3. The molecule has 0 radical (unpaired) electrons. The quantitative estimate of drug-likeness (QED) is 0.191. The summed E-state index contributed by atoms with van der Waals surface area (Å²) in [4.78, 5) is -0.0404. The maximum atomic E-state index is 12.6. The monoisotopic (exact) mass is 414 g/mol. The first-order valence-corrected chi connectivity index (χ1v) is 10.4. The summed E-state index contributed by atoms with van der Waals surface area (Å²) in [6.07, 6.45) is 0.392. The number of benzene rings is 2. The van der Waals surface area contributed by atoms with E-state index in [1.807, 2.05) is 0 Å². The molecule has 0 spiro atoms. The number of epoxide rings is 1. The Bertz CT molecular complexity index is 834. The number of rotatable bonds is 10. The Kier molecular flexibility index (Phi) is 6.37. The van der Waals surface area contributed by atoms with Crippen LogP contribution < -0.4 is 4.74 Å². The van der Waals surface area contributed by atoms with Crippen LogP contribution in [0.2, 0.25) is 0 Å². The van der Waals surface area contributed by atoms with Crippen LogP contribution in [0.15, 0.2) is 65.6 Å². The number of halogens is 2. The van der Waals surface area contributed by atoms with Crippen molar-refractivity contribution in [2.24, 2.45) is 0 Å². The van der Waals surface area contributed by atoms with Crippen molar-refractivity contribution < 1.29 is 26.5 Å². The highest BCUT2D eigenvalue weighted by Gasteiger charge is 2.59. The SMILES string of the molecule is O=S(=O)(OC(Cl)(Oc1ccccc1)[C@H]1O[C@H]1CCCCF)c1ccccc1. The van der Waals surface area contributed by atoms with Crippen LogP contribution >= 0.6 is 11.6 Å². The summed E-state index contributed by atoms with van der Waals surface area (Å²) in [5.41, 5.74) is 0. The first kappa shape index (κ1) is 20.1. The third-order valence-corrected chi connectivity index (χ3v) is 5.83. The maximum Gasteiger partial charge on any atom is 0.335 e. The van der Waals surface area contributed by atoms with E-state index in [0.29, 0.717) is 25.0 Å². The minimum Gasteiger partial charge on any atom is -0.446 e. The van der Waals surface area contributed by atoms with Gasteiger partial charge in [-0.05, 0) is 55.1 Å². The van der Waals surface area contributed by atoms with Crippen LogP contribution in [-0.2, 0) is 19.0 Å². The first-order chi connectivity index (χ1) is 12.9. The fourth-order valence-electron chi connectivity index (χ4n) is 2.66. The molecule has 0 bridgehead atoms. The van der Waals surface area contributed by atoms with Gasteiger partial charge in [-0.25, -0.2) is 4.18 Å². The molecule has 8 heteroatoms. The number of ether oxygens (including phenoxy) is 2. The number of hydrogen-bond donors (Lipinski definition) is 0. The molecule has 3 rings (SSSR count). The number of para-hydroxylation sites is 1. The van der Waals surface area contributed by atoms with Gasteiger partial charge in [0.25, 0.3) is 0 Å². The average Bonchev–Trinajstić information content (AvgIpc) is 3.44. The van der Waals surface area contributed by atoms with E-state index in [2.05, 4.69) is 0 Å². The number of alkyl halides is 2. The van der Waals surface area contributed by atoms with Gasteiger partial charge in [-0.15, -0.1) is 0 Å². The van der Waals surface area contributed by atoms with Crippen molar-refractivity contribution in [1.82, 2.24) is 0 Å². The second kappa shape index (κ2) is 8.56. The van der Waals surface area contributed by atoms with E-state index in [0.717, 1.165) is 0 Å². The summed E-state index contributed by atoms with van der Waals surface area (Å²) in [6.45, 7) is -0.414. The second-order valence-electron chi connectivity index (χ2n) is 6.13. The van der Waals surface area contributed by atoms with E-state index in [1.54, 1.807) is 48.5 Å². The van der Waals surface area contributed by atoms with E-state index in [9.17, 15) is 12.8 Å². The van der Waals surface area contributed by atoms with Gasteiger partial charge in [-0.2, -0.15) is 8.42 Å². The number of hydrogen-bond acceptors (Lipinski definition) is 5. The zero-order valence-corrected chi connectivity index (χ0v) is 16.0. The van der Waals surface area contributed by atoms with Gasteiger partial charge in [-0.1, -0.05) is 36.4 Å². The normalized spacial score (nSPS) is 21.4. The van der Waals surface area contributed by atoms with Gasteiger partial charge in [0.15, 0.2) is 6.10 Å². The summed E-state index contributed by atoms with van der Waals surface area (Å²) >= 11 is 6.49.